The van der Waals surface area contributed by atoms with E-state index in [-0.39, 0.29) is 22.9 Å². The zero-order valence-electron chi connectivity index (χ0n) is 22.3. The van der Waals surface area contributed by atoms with Crippen LogP contribution < -0.4 is 4.74 Å². The Balaban J connectivity index is 1.74. The first kappa shape index (κ1) is 26.5. The lowest BCUT2D eigenvalue weighted by Gasteiger charge is -2.27. The van der Waals surface area contributed by atoms with Crippen molar-refractivity contribution in [1.82, 2.24) is 4.90 Å². The average molecular weight is 506 g/mol. The van der Waals surface area contributed by atoms with Crippen molar-refractivity contribution in [3.63, 3.8) is 0 Å². The maximum absolute atomic E-state index is 13.8. The molecule has 0 aliphatic carbocycles. The van der Waals surface area contributed by atoms with Gasteiger partial charge in [-0.1, -0.05) is 57.2 Å². The molecule has 1 aliphatic heterocycles. The number of fused-ring (bicyclic) bond motifs is 1. The Morgan fingerprint density at radius 2 is 1.84 bits per heavy atom. The highest BCUT2D eigenvalue weighted by Gasteiger charge is 2.44. The number of ether oxygens (including phenoxy) is 2. The van der Waals surface area contributed by atoms with E-state index in [4.69, 9.17) is 13.9 Å². The molecule has 1 atom stereocenters. The molecule has 1 amide bonds. The minimum atomic E-state index is -0.747. The van der Waals surface area contributed by atoms with Crippen LogP contribution in [0.25, 0.3) is 11.0 Å². The molecule has 2 heterocycles. The van der Waals surface area contributed by atoms with E-state index in [2.05, 4.69) is 20.8 Å². The molecular weight excluding hydrogens is 470 g/mol. The van der Waals surface area contributed by atoms with E-state index in [1.165, 1.54) is 7.11 Å². The van der Waals surface area contributed by atoms with Gasteiger partial charge in [-0.15, -0.1) is 0 Å². The summed E-state index contributed by atoms with van der Waals surface area (Å²) in [5.41, 5.74) is 2.26. The van der Waals surface area contributed by atoms with Crippen LogP contribution in [-0.2, 0) is 14.9 Å². The number of hydrogen-bond donors (Lipinski definition) is 1. The number of Topliss-reactive ketones (excluding diaryl/α,β-unsaturated/α-hetero) is 1. The zero-order chi connectivity index (χ0) is 26.9. The number of nitrogens with zero attached hydrogens (tertiary/aromatic N) is 1. The number of hydrogen-bond acceptors (Lipinski definition) is 6. The molecule has 4 rings (SSSR count). The number of furan rings is 1. The number of para-hydroxylation sites is 1. The summed E-state index contributed by atoms with van der Waals surface area (Å²) in [6.07, 6.45) is 0.639. The van der Waals surface area contributed by atoms with Gasteiger partial charge in [-0.3, -0.25) is 9.59 Å². The Morgan fingerprint density at radius 1 is 1.14 bits per heavy atom. The largest absolute Gasteiger partial charge is 0.503 e. The lowest BCUT2D eigenvalue weighted by atomic mass is 9.85. The third kappa shape index (κ3) is 5.27. The van der Waals surface area contributed by atoms with Crippen molar-refractivity contribution >= 4 is 22.7 Å². The second kappa shape index (κ2) is 10.4. The molecular formula is C30H35NO6. The molecule has 0 saturated carbocycles. The molecule has 2 aromatic carbocycles. The van der Waals surface area contributed by atoms with Crippen molar-refractivity contribution in [3.8, 4) is 5.75 Å². The summed E-state index contributed by atoms with van der Waals surface area (Å²) in [5.74, 6) is -1.12. The zero-order valence-corrected chi connectivity index (χ0v) is 22.3. The topological polar surface area (TPSA) is 89.2 Å². The van der Waals surface area contributed by atoms with Gasteiger partial charge in [0.1, 0.15) is 0 Å². The molecule has 3 aromatic rings. The molecule has 1 N–H and O–H groups in total. The van der Waals surface area contributed by atoms with E-state index in [0.717, 1.165) is 11.1 Å². The number of aliphatic hydroxyl groups excluding tert-OH is 1. The summed E-state index contributed by atoms with van der Waals surface area (Å²) in [6.45, 7) is 11.1. The van der Waals surface area contributed by atoms with Crippen LogP contribution in [0.3, 0.4) is 0 Å². The van der Waals surface area contributed by atoms with Gasteiger partial charge in [0, 0.05) is 18.5 Å². The fourth-order valence-corrected chi connectivity index (χ4v) is 4.62. The van der Waals surface area contributed by atoms with Crippen molar-refractivity contribution in [3.05, 3.63) is 76.8 Å². The van der Waals surface area contributed by atoms with Gasteiger partial charge in [0.25, 0.3) is 5.91 Å². The number of methoxy groups -OCH3 is 1. The quantitative estimate of drug-likeness (QED) is 0.278. The Hall–Kier alpha value is -3.58. The van der Waals surface area contributed by atoms with Gasteiger partial charge in [0.05, 0.1) is 24.8 Å². The van der Waals surface area contributed by atoms with Crippen molar-refractivity contribution in [2.75, 3.05) is 20.3 Å². The number of amides is 1. The summed E-state index contributed by atoms with van der Waals surface area (Å²) >= 11 is 0. The van der Waals surface area contributed by atoms with Crippen LogP contribution in [0, 0.1) is 0 Å². The minimum Gasteiger partial charge on any atom is -0.503 e. The van der Waals surface area contributed by atoms with Crippen molar-refractivity contribution in [2.24, 2.45) is 0 Å². The fourth-order valence-electron chi connectivity index (χ4n) is 4.62. The van der Waals surface area contributed by atoms with Gasteiger partial charge in [-0.05, 0) is 48.9 Å². The SMILES string of the molecule is COc1cccc2cc(C(=O)C3=C(O)C(=O)N(CCCOC(C)C)C3c3ccc(C(C)(C)C)cc3)oc12. The fraction of sp³-hybridized carbons (Fsp3) is 0.400. The molecule has 1 unspecified atom stereocenters. The van der Waals surface area contributed by atoms with Gasteiger partial charge < -0.3 is 23.9 Å². The van der Waals surface area contributed by atoms with Crippen LogP contribution >= 0.6 is 0 Å². The summed E-state index contributed by atoms with van der Waals surface area (Å²) in [7, 11) is 1.53. The summed E-state index contributed by atoms with van der Waals surface area (Å²) in [4.78, 5) is 28.6. The van der Waals surface area contributed by atoms with Gasteiger partial charge in [-0.2, -0.15) is 0 Å². The predicted octanol–water partition coefficient (Wildman–Crippen LogP) is 6.13. The molecule has 0 fully saturated rings. The number of aliphatic hydroxyl groups is 1. The monoisotopic (exact) mass is 505 g/mol. The standard InChI is InChI=1S/C30H35NO6/c1-18(2)36-16-8-15-31-25(19-11-13-21(14-12-19)30(3,4)5)24(27(33)29(31)34)26(32)23-17-20-9-7-10-22(35-6)28(20)37-23/h7,9-14,17-18,25,33H,8,15-16H2,1-6H3. The van der Waals surface area contributed by atoms with Crippen LogP contribution in [0.2, 0.25) is 0 Å². The molecule has 0 saturated heterocycles. The first-order chi connectivity index (χ1) is 17.5. The van der Waals surface area contributed by atoms with Gasteiger partial charge in [0.2, 0.25) is 5.78 Å². The van der Waals surface area contributed by atoms with E-state index in [9.17, 15) is 14.7 Å². The van der Waals surface area contributed by atoms with Crippen LogP contribution in [0.15, 0.2) is 64.3 Å². The van der Waals surface area contributed by atoms with E-state index < -0.39 is 23.5 Å². The van der Waals surface area contributed by atoms with Gasteiger partial charge in [-0.25, -0.2) is 0 Å². The second-order valence-corrected chi connectivity index (χ2v) is 10.6. The van der Waals surface area contributed by atoms with E-state index in [1.54, 1.807) is 23.1 Å². The van der Waals surface area contributed by atoms with Crippen LogP contribution in [-0.4, -0.2) is 48.1 Å². The molecule has 0 spiro atoms. The van der Waals surface area contributed by atoms with Crippen LogP contribution in [0.4, 0.5) is 0 Å². The van der Waals surface area contributed by atoms with Crippen molar-refractivity contribution in [2.45, 2.75) is 58.6 Å². The second-order valence-electron chi connectivity index (χ2n) is 10.6. The van der Waals surface area contributed by atoms with Crippen molar-refractivity contribution in [1.29, 1.82) is 0 Å². The number of carbonyl (C=O) groups is 2. The minimum absolute atomic E-state index is 0.0105. The van der Waals surface area contributed by atoms with Crippen LogP contribution in [0.1, 0.15) is 68.8 Å². The highest BCUT2D eigenvalue weighted by atomic mass is 16.5. The highest BCUT2D eigenvalue weighted by Crippen LogP contribution is 2.41. The molecule has 0 radical (unpaired) electrons. The van der Waals surface area contributed by atoms with Crippen LogP contribution in [0.5, 0.6) is 5.75 Å². The van der Waals surface area contributed by atoms with Crippen molar-refractivity contribution < 1.29 is 28.6 Å². The Morgan fingerprint density at radius 3 is 2.46 bits per heavy atom. The first-order valence-corrected chi connectivity index (χ1v) is 12.6. The Labute approximate surface area is 217 Å². The normalized spacial score (nSPS) is 16.4. The lowest BCUT2D eigenvalue weighted by molar-refractivity contribution is -0.129. The van der Waals surface area contributed by atoms with Gasteiger partial charge >= 0.3 is 0 Å². The van der Waals surface area contributed by atoms with Gasteiger partial charge in [0.15, 0.2) is 22.9 Å². The lowest BCUT2D eigenvalue weighted by Crippen LogP contribution is -2.32. The molecule has 0 bridgehead atoms. The number of benzene rings is 2. The molecule has 1 aliphatic rings. The molecule has 196 valence electrons. The molecule has 1 aromatic heterocycles. The van der Waals surface area contributed by atoms with E-state index in [1.807, 2.05) is 44.2 Å². The molecule has 37 heavy (non-hydrogen) atoms. The third-order valence-electron chi connectivity index (χ3n) is 6.59. The molecule has 7 heteroatoms. The maximum atomic E-state index is 13.8. The summed E-state index contributed by atoms with van der Waals surface area (Å²) in [6, 6.07) is 14.1. The third-order valence-corrected chi connectivity index (χ3v) is 6.59. The maximum Gasteiger partial charge on any atom is 0.290 e. The smallest absolute Gasteiger partial charge is 0.290 e. The number of rotatable bonds is 9. The highest BCUT2D eigenvalue weighted by molar-refractivity contribution is 6.16. The first-order valence-electron chi connectivity index (χ1n) is 12.6. The van der Waals surface area contributed by atoms with E-state index >= 15 is 0 Å². The number of ketones is 1. The average Bonchev–Trinajstić information content (AvgIpc) is 3.40. The van der Waals surface area contributed by atoms with E-state index in [0.29, 0.717) is 36.3 Å². The molecule has 7 nitrogen and oxygen atoms in total. The Bertz CT molecular complexity index is 1330. The summed E-state index contributed by atoms with van der Waals surface area (Å²) < 4.78 is 16.9. The number of carbonyl (C=O) groups excluding carboxylic acids is 2. The summed E-state index contributed by atoms with van der Waals surface area (Å²) in [5, 5.41) is 11.7. The Kier molecular flexibility index (Phi) is 7.46. The predicted molar refractivity (Wildman–Crippen MR) is 142 cm³/mol.